The van der Waals surface area contributed by atoms with Gasteiger partial charge >= 0.3 is 5.97 Å². The number of esters is 1. The molecule has 50 heavy (non-hydrogen) atoms. The second-order valence-electron chi connectivity index (χ2n) is 13.1. The van der Waals surface area contributed by atoms with Crippen molar-refractivity contribution in [2.75, 3.05) is 13.7 Å². The monoisotopic (exact) mass is 695 g/mol. The first-order valence-electron chi connectivity index (χ1n) is 16.4. The first-order chi connectivity index (χ1) is 23.9. The number of carbonyl (C=O) groups is 1. The molecule has 0 spiro atoms. The van der Waals surface area contributed by atoms with Gasteiger partial charge in [-0.1, -0.05) is 53.7 Å². The van der Waals surface area contributed by atoms with Crippen LogP contribution in [0.25, 0.3) is 11.1 Å². The third-order valence-electron chi connectivity index (χ3n) is 8.91. The van der Waals surface area contributed by atoms with Crippen LogP contribution in [0, 0.1) is 12.3 Å². The maximum Gasteiger partial charge on any atom is 0.314 e. The number of carbonyl (C=O) groups excluding carboxylic acids is 1. The number of methoxy groups -OCH3 is 1. The normalized spacial score (nSPS) is 16.5. The lowest BCUT2D eigenvalue weighted by Crippen LogP contribution is -2.36. The van der Waals surface area contributed by atoms with Crippen LogP contribution in [0.1, 0.15) is 54.8 Å². The molecule has 1 aliphatic rings. The molecule has 1 aliphatic heterocycles. The summed E-state index contributed by atoms with van der Waals surface area (Å²) in [6.07, 6.45) is 4.26. The van der Waals surface area contributed by atoms with Crippen LogP contribution in [0.2, 0.25) is 0 Å². The number of benzene rings is 3. The van der Waals surface area contributed by atoms with E-state index in [2.05, 4.69) is 27.4 Å². The fourth-order valence-electron chi connectivity index (χ4n) is 6.23. The van der Waals surface area contributed by atoms with Crippen LogP contribution in [0.4, 0.5) is 0 Å². The first kappa shape index (κ1) is 34.9. The second-order valence-corrected chi connectivity index (χ2v) is 15.0. The lowest BCUT2D eigenvalue weighted by molar-refractivity contribution is -0.162. The lowest BCUT2D eigenvalue weighted by atomic mass is 9.81. The van der Waals surface area contributed by atoms with Gasteiger partial charge in [-0.15, -0.1) is 5.10 Å². The Hall–Kier alpha value is -4.91. The largest absolute Gasteiger partial charge is 0.488 e. The van der Waals surface area contributed by atoms with Crippen LogP contribution in [0.15, 0.2) is 102 Å². The molecule has 3 heterocycles. The molecular weight excluding hydrogens is 655 g/mol. The van der Waals surface area contributed by atoms with E-state index in [1.165, 1.54) is 11.4 Å². The topological polar surface area (TPSA) is 126 Å². The van der Waals surface area contributed by atoms with E-state index in [4.69, 9.17) is 14.2 Å². The van der Waals surface area contributed by atoms with E-state index in [0.717, 1.165) is 27.8 Å². The molecule has 12 heteroatoms. The number of aromatic nitrogens is 4. The van der Waals surface area contributed by atoms with Gasteiger partial charge in [0.25, 0.3) is 0 Å². The van der Waals surface area contributed by atoms with Crippen molar-refractivity contribution >= 4 is 16.0 Å². The molecule has 0 radical (unpaired) electrons. The van der Waals surface area contributed by atoms with Crippen LogP contribution in [0.5, 0.6) is 5.75 Å². The molecule has 260 valence electrons. The highest BCUT2D eigenvalue weighted by molar-refractivity contribution is 7.89. The zero-order valence-corrected chi connectivity index (χ0v) is 29.6. The van der Waals surface area contributed by atoms with Crippen molar-refractivity contribution in [1.82, 2.24) is 24.3 Å². The fourth-order valence-corrected chi connectivity index (χ4v) is 7.84. The molecule has 2 aromatic heterocycles. The highest BCUT2D eigenvalue weighted by Crippen LogP contribution is 2.40. The van der Waals surface area contributed by atoms with Crippen LogP contribution in [0.3, 0.4) is 0 Å². The van der Waals surface area contributed by atoms with E-state index in [1.807, 2.05) is 62.5 Å². The molecule has 0 fully saturated rings. The molecule has 11 nitrogen and oxygen atoms in total. The number of pyridine rings is 1. The number of hydrogen-bond donors (Lipinski definition) is 0. The van der Waals surface area contributed by atoms with Crippen molar-refractivity contribution in [1.29, 1.82) is 0 Å². The SMILES string of the molecule is COC(=O)C(C)(C)C(OCc1cn(Cc2cccc(-c3ccncc3)c2)nn1)c1ccc(C)c(CN2C[C@@H](C)Oc3ccccc3S2(=O)=O)c1. The molecule has 0 N–H and O–H groups in total. The third-order valence-corrected chi connectivity index (χ3v) is 10.8. The van der Waals surface area contributed by atoms with Crippen molar-refractivity contribution in [2.24, 2.45) is 5.41 Å². The van der Waals surface area contributed by atoms with Gasteiger partial charge in [0.05, 0.1) is 44.5 Å². The summed E-state index contributed by atoms with van der Waals surface area (Å²) in [7, 11) is -2.50. The number of para-hydroxylation sites is 1. The molecule has 5 aromatic rings. The Bertz CT molecular complexity index is 2080. The summed E-state index contributed by atoms with van der Waals surface area (Å²) in [5.74, 6) is -0.100. The Morgan fingerprint density at radius 1 is 1.00 bits per heavy atom. The quantitative estimate of drug-likeness (QED) is 0.150. The molecular formula is C38H41N5O6S. The molecule has 0 amide bonds. The van der Waals surface area contributed by atoms with Crippen molar-refractivity contribution in [3.63, 3.8) is 0 Å². The summed E-state index contributed by atoms with van der Waals surface area (Å²) in [5.41, 5.74) is 5.11. The van der Waals surface area contributed by atoms with Gasteiger partial charge in [-0.25, -0.2) is 13.1 Å². The molecule has 1 unspecified atom stereocenters. The number of aryl methyl sites for hydroxylation is 1. The lowest BCUT2D eigenvalue weighted by Gasteiger charge is -2.32. The maximum atomic E-state index is 13.8. The van der Waals surface area contributed by atoms with Crippen molar-refractivity contribution in [3.05, 3.63) is 125 Å². The molecule has 3 aromatic carbocycles. The summed E-state index contributed by atoms with van der Waals surface area (Å²) in [5, 5.41) is 8.67. The Morgan fingerprint density at radius 3 is 2.56 bits per heavy atom. The Morgan fingerprint density at radius 2 is 1.78 bits per heavy atom. The predicted molar refractivity (Wildman–Crippen MR) is 187 cm³/mol. The highest BCUT2D eigenvalue weighted by Gasteiger charge is 2.41. The molecule has 0 aliphatic carbocycles. The van der Waals surface area contributed by atoms with Crippen molar-refractivity contribution in [3.8, 4) is 16.9 Å². The summed E-state index contributed by atoms with van der Waals surface area (Å²) >= 11 is 0. The van der Waals surface area contributed by atoms with Crippen molar-refractivity contribution in [2.45, 2.75) is 64.5 Å². The van der Waals surface area contributed by atoms with Crippen molar-refractivity contribution < 1.29 is 27.4 Å². The van der Waals surface area contributed by atoms with E-state index in [-0.39, 0.29) is 30.7 Å². The van der Waals surface area contributed by atoms with Gasteiger partial charge in [-0.05, 0) is 91.4 Å². The zero-order chi connectivity index (χ0) is 35.5. The number of hydrogen-bond acceptors (Lipinski definition) is 9. The molecule has 0 bridgehead atoms. The second kappa shape index (κ2) is 14.5. The summed E-state index contributed by atoms with van der Waals surface area (Å²) in [6.45, 7) is 8.21. The minimum atomic E-state index is -3.85. The van der Waals surface area contributed by atoms with E-state index in [1.54, 1.807) is 55.2 Å². The average molecular weight is 696 g/mol. The van der Waals surface area contributed by atoms with Gasteiger partial charge in [0, 0.05) is 18.9 Å². The van der Waals surface area contributed by atoms with Gasteiger partial charge in [0.1, 0.15) is 22.4 Å². The van der Waals surface area contributed by atoms with E-state index >= 15 is 0 Å². The molecule has 0 saturated carbocycles. The summed E-state index contributed by atoms with van der Waals surface area (Å²) in [4.78, 5) is 17.3. The van der Waals surface area contributed by atoms with E-state index < -0.39 is 27.5 Å². The van der Waals surface area contributed by atoms with Gasteiger partial charge in [0.15, 0.2) is 0 Å². The number of fused-ring (bicyclic) bond motifs is 1. The third kappa shape index (κ3) is 7.47. The smallest absolute Gasteiger partial charge is 0.314 e. The minimum Gasteiger partial charge on any atom is -0.488 e. The van der Waals surface area contributed by atoms with Crippen LogP contribution in [-0.4, -0.2) is 58.4 Å². The first-order valence-corrected chi connectivity index (χ1v) is 17.8. The number of sulfonamides is 1. The van der Waals surface area contributed by atoms with Crippen LogP contribution < -0.4 is 4.74 Å². The van der Waals surface area contributed by atoms with Gasteiger partial charge in [-0.3, -0.25) is 9.78 Å². The highest BCUT2D eigenvalue weighted by atomic mass is 32.2. The van der Waals surface area contributed by atoms with E-state index in [0.29, 0.717) is 23.6 Å². The molecule has 0 saturated heterocycles. The standard InChI is InChI=1S/C38H41N5O6S/c1-26-13-14-31(20-32(26)23-43-21-27(2)49-34-11-6-7-12-35(34)50(43,45)46)36(38(3,4)37(44)47-5)48-25-33-24-42(41-40-33)22-28-9-8-10-30(19-28)29-15-17-39-18-16-29/h6-20,24,27,36H,21-23,25H2,1-5H3/t27-,36?/m1/s1. The van der Waals surface area contributed by atoms with Crippen LogP contribution >= 0.6 is 0 Å². The Balaban J connectivity index is 1.23. The number of rotatable bonds is 11. The zero-order valence-electron chi connectivity index (χ0n) is 28.8. The summed E-state index contributed by atoms with van der Waals surface area (Å²) < 4.78 is 48.4. The summed E-state index contributed by atoms with van der Waals surface area (Å²) in [6, 6.07) is 24.6. The van der Waals surface area contributed by atoms with Gasteiger partial charge in [0.2, 0.25) is 10.0 Å². The average Bonchev–Trinajstić information content (AvgIpc) is 3.52. The number of nitrogens with zero attached hydrogens (tertiary/aromatic N) is 5. The van der Waals surface area contributed by atoms with Gasteiger partial charge < -0.3 is 14.2 Å². The molecule has 6 rings (SSSR count). The van der Waals surface area contributed by atoms with Crippen LogP contribution in [-0.2, 0) is 44.0 Å². The predicted octanol–water partition coefficient (Wildman–Crippen LogP) is 6.13. The fraction of sp³-hybridized carbons (Fsp3) is 0.316. The minimum absolute atomic E-state index is 0.0809. The van der Waals surface area contributed by atoms with Gasteiger partial charge in [-0.2, -0.15) is 4.31 Å². The van der Waals surface area contributed by atoms with E-state index in [9.17, 15) is 13.2 Å². The Labute approximate surface area is 292 Å². The number of ether oxygens (including phenoxy) is 3. The maximum absolute atomic E-state index is 13.8. The molecule has 2 atom stereocenters. The Kier molecular flexibility index (Phi) is 10.1.